The molecular formula is C15H22B4F3NO3. The molecule has 1 aliphatic rings. The molecule has 1 aromatic carbocycles. The molecular weight excluding hydrogens is 342 g/mol. The molecule has 0 spiro atoms. The quantitative estimate of drug-likeness (QED) is 0.719. The van der Waals surface area contributed by atoms with Gasteiger partial charge in [0.25, 0.3) is 6.43 Å². The maximum atomic E-state index is 14.7. The zero-order valence-electron chi connectivity index (χ0n) is 16.2. The van der Waals surface area contributed by atoms with Crippen LogP contribution in [0, 0.1) is 5.82 Å². The smallest absolute Gasteiger partial charge is 0.399 e. The number of amides is 1. The number of carbonyl (C=O) groups is 1. The van der Waals surface area contributed by atoms with Crippen LogP contribution in [-0.2, 0) is 9.31 Å². The summed E-state index contributed by atoms with van der Waals surface area (Å²) in [6.07, 6.45) is -3.07. The minimum atomic E-state index is -3.07. The van der Waals surface area contributed by atoms with Gasteiger partial charge in [-0.15, -0.1) is 0 Å². The molecule has 1 N–H and O–H groups in total. The molecule has 0 aromatic heterocycles. The van der Waals surface area contributed by atoms with Crippen LogP contribution >= 0.6 is 0 Å². The van der Waals surface area contributed by atoms with E-state index in [-0.39, 0.29) is 11.0 Å². The molecule has 0 radical (unpaired) electrons. The van der Waals surface area contributed by atoms with Crippen LogP contribution in [0.1, 0.15) is 50.0 Å². The molecule has 11 heteroatoms. The summed E-state index contributed by atoms with van der Waals surface area (Å²) in [5, 5.41) is 2.11. The molecule has 2 rings (SSSR count). The van der Waals surface area contributed by atoms with Crippen molar-refractivity contribution < 1.29 is 27.3 Å². The van der Waals surface area contributed by atoms with Gasteiger partial charge in [0, 0.05) is 11.0 Å². The van der Waals surface area contributed by atoms with Gasteiger partial charge in [-0.3, -0.25) is 4.79 Å². The molecule has 1 aliphatic heterocycles. The van der Waals surface area contributed by atoms with Crippen LogP contribution in [0.2, 0.25) is 0 Å². The number of alkyl halides is 2. The zero-order chi connectivity index (χ0) is 20.1. The Labute approximate surface area is 154 Å². The molecule has 1 heterocycles. The summed E-state index contributed by atoms with van der Waals surface area (Å²) in [6, 6.07) is 2.08. The fraction of sp³-hybridized carbons (Fsp3) is 0.533. The van der Waals surface area contributed by atoms with Gasteiger partial charge in [-0.2, -0.15) is 0 Å². The third kappa shape index (κ3) is 4.14. The first-order valence-corrected chi connectivity index (χ1v) is 8.44. The molecule has 0 unspecified atom stereocenters. The van der Waals surface area contributed by atoms with E-state index in [1.165, 1.54) is 6.07 Å². The molecule has 4 nitrogen and oxygen atoms in total. The molecule has 0 atom stereocenters. The number of nitrogens with one attached hydrogen (secondary N) is 1. The second-order valence-corrected chi connectivity index (χ2v) is 8.56. The van der Waals surface area contributed by atoms with E-state index in [1.54, 1.807) is 51.2 Å². The van der Waals surface area contributed by atoms with Crippen LogP contribution in [-0.4, -0.2) is 53.0 Å². The van der Waals surface area contributed by atoms with Crippen molar-refractivity contribution in [1.29, 1.82) is 0 Å². The van der Waals surface area contributed by atoms with E-state index >= 15 is 0 Å². The maximum Gasteiger partial charge on any atom is 0.497 e. The predicted octanol–water partition coefficient (Wildman–Crippen LogP) is -0.697. The number of hydrogen-bond donors (Lipinski definition) is 1. The molecule has 0 bridgehead atoms. The van der Waals surface area contributed by atoms with Crippen molar-refractivity contribution in [3.63, 3.8) is 0 Å². The Hall–Kier alpha value is -1.34. The Morgan fingerprint density at radius 2 is 1.65 bits per heavy atom. The average Bonchev–Trinajstić information content (AvgIpc) is 2.65. The molecule has 0 aliphatic carbocycles. The van der Waals surface area contributed by atoms with Crippen molar-refractivity contribution in [2.75, 3.05) is 0 Å². The molecule has 1 aromatic rings. The highest BCUT2D eigenvalue weighted by molar-refractivity contribution is 6.62. The Morgan fingerprint density at radius 1 is 1.15 bits per heavy atom. The highest BCUT2D eigenvalue weighted by Gasteiger charge is 2.52. The second kappa shape index (κ2) is 6.68. The Kier molecular flexibility index (Phi) is 5.38. The van der Waals surface area contributed by atoms with Crippen LogP contribution in [0.25, 0.3) is 0 Å². The number of hydrogen-bond acceptors (Lipinski definition) is 3. The minimum absolute atomic E-state index is 0.0682. The Balaban J connectivity index is 2.51. The third-order valence-electron chi connectivity index (χ3n) is 4.62. The lowest BCUT2D eigenvalue weighted by molar-refractivity contribution is 0.00578. The number of halogens is 3. The fourth-order valence-electron chi connectivity index (χ4n) is 2.51. The maximum absolute atomic E-state index is 14.7. The van der Waals surface area contributed by atoms with Gasteiger partial charge in [0.2, 0.25) is 5.91 Å². The van der Waals surface area contributed by atoms with E-state index in [0.717, 1.165) is 6.07 Å². The van der Waals surface area contributed by atoms with Crippen LogP contribution in [0.3, 0.4) is 0 Å². The van der Waals surface area contributed by atoms with Crippen molar-refractivity contribution in [1.82, 2.24) is 5.32 Å². The summed E-state index contributed by atoms with van der Waals surface area (Å²) in [7, 11) is 4.10. The summed E-state index contributed by atoms with van der Waals surface area (Å²) < 4.78 is 52.9. The highest BCUT2D eigenvalue weighted by Crippen LogP contribution is 2.37. The summed E-state index contributed by atoms with van der Waals surface area (Å²) in [6.45, 7) is 7.09. The Morgan fingerprint density at radius 3 is 2.08 bits per heavy atom. The largest absolute Gasteiger partial charge is 0.497 e. The van der Waals surface area contributed by atoms with E-state index in [2.05, 4.69) is 5.32 Å². The van der Waals surface area contributed by atoms with Crippen LogP contribution < -0.4 is 10.8 Å². The average molecular weight is 365 g/mol. The van der Waals surface area contributed by atoms with E-state index in [4.69, 9.17) is 9.31 Å². The van der Waals surface area contributed by atoms with Gasteiger partial charge in [0.15, 0.2) is 0 Å². The van der Waals surface area contributed by atoms with Crippen LogP contribution in [0.4, 0.5) is 13.2 Å². The summed E-state index contributed by atoms with van der Waals surface area (Å²) in [4.78, 5) is 12.4. The van der Waals surface area contributed by atoms with Gasteiger partial charge in [0.05, 0.1) is 16.8 Å². The third-order valence-corrected chi connectivity index (χ3v) is 4.62. The summed E-state index contributed by atoms with van der Waals surface area (Å²) >= 11 is 0. The lowest BCUT2D eigenvalue weighted by Crippen LogP contribution is -2.50. The first-order valence-electron chi connectivity index (χ1n) is 8.44. The molecule has 138 valence electrons. The minimum Gasteiger partial charge on any atom is -0.399 e. The topological polar surface area (TPSA) is 47.6 Å². The van der Waals surface area contributed by atoms with E-state index in [9.17, 15) is 18.0 Å². The molecule has 1 fully saturated rings. The standard InChI is InChI=1S/C15H22B4F3NO3/c1-13(2)14(3,4)26-19(25-13)9-6-7(12(24)23-15(16,17)18)5-8(10(9)20)11(21)22/h5-6,11H,16-18H2,1-4H3,(H,23,24). The van der Waals surface area contributed by atoms with Crippen molar-refractivity contribution in [2.45, 2.75) is 50.6 Å². The lowest BCUT2D eigenvalue weighted by Gasteiger charge is -2.32. The van der Waals surface area contributed by atoms with Gasteiger partial charge in [-0.1, -0.05) is 0 Å². The van der Waals surface area contributed by atoms with Crippen molar-refractivity contribution in [3.05, 3.63) is 29.1 Å². The number of benzene rings is 1. The first kappa shape index (κ1) is 21.0. The molecule has 0 saturated carbocycles. The van der Waals surface area contributed by atoms with Gasteiger partial charge in [0.1, 0.15) is 29.4 Å². The van der Waals surface area contributed by atoms with Gasteiger partial charge in [-0.25, -0.2) is 13.2 Å². The van der Waals surface area contributed by atoms with E-state index in [0.29, 0.717) is 0 Å². The van der Waals surface area contributed by atoms with Crippen molar-refractivity contribution in [3.8, 4) is 0 Å². The Bertz CT molecular complexity index is 707. The summed E-state index contributed by atoms with van der Waals surface area (Å²) in [5.74, 6) is -1.69. The van der Waals surface area contributed by atoms with Crippen molar-refractivity contribution in [2.24, 2.45) is 0 Å². The van der Waals surface area contributed by atoms with E-state index < -0.39 is 47.3 Å². The van der Waals surface area contributed by atoms with Gasteiger partial charge in [-0.05, 0) is 45.1 Å². The van der Waals surface area contributed by atoms with Crippen LogP contribution in [0.5, 0.6) is 0 Å². The predicted molar refractivity (Wildman–Crippen MR) is 103 cm³/mol. The fourth-order valence-corrected chi connectivity index (χ4v) is 2.51. The SMILES string of the molecule is BC(B)(B)NC(=O)c1cc(B2OC(C)(C)C(C)(C)O2)c(F)c(C(F)F)c1. The van der Waals surface area contributed by atoms with Gasteiger partial charge >= 0.3 is 7.12 Å². The first-order chi connectivity index (χ1) is 11.6. The molecule has 26 heavy (non-hydrogen) atoms. The van der Waals surface area contributed by atoms with Crippen molar-refractivity contribution >= 4 is 42.0 Å². The number of rotatable bonds is 4. The monoisotopic (exact) mass is 365 g/mol. The summed E-state index contributed by atoms with van der Waals surface area (Å²) in [5.41, 5.74) is -2.66. The highest BCUT2D eigenvalue weighted by atomic mass is 19.3. The van der Waals surface area contributed by atoms with Crippen LogP contribution in [0.15, 0.2) is 12.1 Å². The zero-order valence-corrected chi connectivity index (χ0v) is 16.2. The second-order valence-electron chi connectivity index (χ2n) is 8.56. The normalized spacial score (nSPS) is 19.0. The van der Waals surface area contributed by atoms with E-state index in [1.807, 2.05) is 0 Å². The number of carbonyl (C=O) groups excluding carboxylic acids is 1. The van der Waals surface area contributed by atoms with Gasteiger partial charge < -0.3 is 14.6 Å². The molecule has 1 amide bonds. The lowest BCUT2D eigenvalue weighted by atomic mass is 9.49. The molecule has 1 saturated heterocycles.